The van der Waals surface area contributed by atoms with Gasteiger partial charge in [-0.3, -0.25) is 0 Å². The number of fused-ring (bicyclic) bond motifs is 3. The summed E-state index contributed by atoms with van der Waals surface area (Å²) in [4.78, 5) is 40.7. The van der Waals surface area contributed by atoms with E-state index in [0.717, 1.165) is 28.3 Å². The number of nitrogens with zero attached hydrogens (tertiary/aromatic N) is 2. The minimum atomic E-state index is -1.34. The standard InChI is InChI=1S/C27H31N3O6Si/c1-37(2,3)13-12-35-27(34)30-15-18(28-17-30)14-24(25(31)32)29-26(33)36-16-23-21-10-6-4-8-19(21)20-9-5-7-11-22(20)23/h4-11,15,17,23-24H,12-14,16H2,1-3H3,(H,29,33)(H,31,32)/t24-/m1/s1. The topological polar surface area (TPSA) is 120 Å². The minimum Gasteiger partial charge on any atom is -0.480 e. The van der Waals surface area contributed by atoms with Crippen molar-refractivity contribution in [3.63, 3.8) is 0 Å². The molecule has 0 saturated heterocycles. The maximum atomic E-state index is 12.5. The van der Waals surface area contributed by atoms with Gasteiger partial charge in [-0.1, -0.05) is 68.2 Å². The molecule has 1 aliphatic carbocycles. The number of amides is 1. The van der Waals surface area contributed by atoms with E-state index in [9.17, 15) is 19.5 Å². The van der Waals surface area contributed by atoms with E-state index in [1.165, 1.54) is 17.1 Å². The van der Waals surface area contributed by atoms with Crippen LogP contribution in [0.3, 0.4) is 0 Å². The molecule has 0 aliphatic heterocycles. The number of imidazole rings is 1. The summed E-state index contributed by atoms with van der Waals surface area (Å²) < 4.78 is 11.9. The summed E-state index contributed by atoms with van der Waals surface area (Å²) in [6.45, 7) is 6.95. The number of hydrogen-bond acceptors (Lipinski definition) is 6. The Kier molecular flexibility index (Phi) is 7.77. The second-order valence-electron chi connectivity index (χ2n) is 10.3. The first kappa shape index (κ1) is 26.1. The van der Waals surface area contributed by atoms with Gasteiger partial charge < -0.3 is 19.9 Å². The van der Waals surface area contributed by atoms with Gasteiger partial charge in [-0.2, -0.15) is 0 Å². The highest BCUT2D eigenvalue weighted by Crippen LogP contribution is 2.44. The second kappa shape index (κ2) is 11.0. The normalized spacial score (nSPS) is 13.4. The van der Waals surface area contributed by atoms with Gasteiger partial charge in [0.15, 0.2) is 0 Å². The molecule has 0 spiro atoms. The van der Waals surface area contributed by atoms with Crippen molar-refractivity contribution >= 4 is 26.2 Å². The summed E-state index contributed by atoms with van der Waals surface area (Å²) in [5.41, 5.74) is 4.66. The summed E-state index contributed by atoms with van der Waals surface area (Å²) in [5, 5.41) is 12.0. The Morgan fingerprint density at radius 1 is 1.03 bits per heavy atom. The molecule has 0 saturated carbocycles. The number of rotatable bonds is 9. The van der Waals surface area contributed by atoms with Crippen LogP contribution < -0.4 is 5.32 Å². The van der Waals surface area contributed by atoms with E-state index < -0.39 is 32.3 Å². The molecule has 194 valence electrons. The van der Waals surface area contributed by atoms with Crippen LogP contribution in [0.4, 0.5) is 9.59 Å². The van der Waals surface area contributed by atoms with Gasteiger partial charge in [0.2, 0.25) is 0 Å². The molecule has 10 heteroatoms. The zero-order valence-electron chi connectivity index (χ0n) is 21.1. The highest BCUT2D eigenvalue weighted by Gasteiger charge is 2.30. The van der Waals surface area contributed by atoms with Gasteiger partial charge in [-0.15, -0.1) is 0 Å². The fourth-order valence-corrected chi connectivity index (χ4v) is 4.99. The summed E-state index contributed by atoms with van der Waals surface area (Å²) >= 11 is 0. The molecule has 0 bridgehead atoms. The van der Waals surface area contributed by atoms with Crippen molar-refractivity contribution in [2.24, 2.45) is 0 Å². The van der Waals surface area contributed by atoms with Gasteiger partial charge in [-0.25, -0.2) is 23.9 Å². The number of benzene rings is 2. The number of aliphatic carboxylic acids is 1. The third-order valence-electron chi connectivity index (χ3n) is 6.27. The fraction of sp³-hybridized carbons (Fsp3) is 0.333. The second-order valence-corrected chi connectivity index (χ2v) is 15.9. The molecule has 9 nitrogen and oxygen atoms in total. The first-order valence-corrected chi connectivity index (χ1v) is 15.9. The molecule has 0 unspecified atom stereocenters. The molecule has 4 rings (SSSR count). The maximum absolute atomic E-state index is 12.5. The number of carbonyl (C=O) groups is 3. The highest BCUT2D eigenvalue weighted by molar-refractivity contribution is 6.76. The van der Waals surface area contributed by atoms with Crippen LogP contribution in [0.5, 0.6) is 0 Å². The Hall–Kier alpha value is -3.92. The van der Waals surface area contributed by atoms with E-state index in [1.54, 1.807) is 0 Å². The van der Waals surface area contributed by atoms with Gasteiger partial charge in [0.05, 0.1) is 12.3 Å². The van der Waals surface area contributed by atoms with Crippen LogP contribution in [-0.4, -0.2) is 60.1 Å². The summed E-state index contributed by atoms with van der Waals surface area (Å²) in [7, 11) is -1.34. The first-order valence-electron chi connectivity index (χ1n) is 12.2. The van der Waals surface area contributed by atoms with Crippen molar-refractivity contribution in [3.05, 3.63) is 77.9 Å². The predicted molar refractivity (Wildman–Crippen MR) is 140 cm³/mol. The zero-order chi connectivity index (χ0) is 26.6. The average Bonchev–Trinajstić information content (AvgIpc) is 3.44. The number of hydrogen-bond donors (Lipinski definition) is 2. The SMILES string of the molecule is C[Si](C)(C)CCOC(=O)n1cnc(C[C@@H](NC(=O)OCC2c3ccccc3-c3ccccc32)C(=O)O)c1. The minimum absolute atomic E-state index is 0.0735. The largest absolute Gasteiger partial charge is 0.480 e. The molecular weight excluding hydrogens is 490 g/mol. The van der Waals surface area contributed by atoms with Crippen LogP contribution in [0, 0.1) is 0 Å². The van der Waals surface area contributed by atoms with E-state index in [2.05, 4.69) is 29.9 Å². The Balaban J connectivity index is 1.33. The third kappa shape index (κ3) is 6.45. The Bertz CT molecular complexity index is 1250. The van der Waals surface area contributed by atoms with Gasteiger partial charge in [-0.05, 0) is 28.3 Å². The summed E-state index contributed by atoms with van der Waals surface area (Å²) in [5.74, 6) is -1.37. The molecule has 3 aromatic rings. The molecular formula is C27H31N3O6Si. The molecule has 1 atom stereocenters. The predicted octanol–water partition coefficient (Wildman–Crippen LogP) is 4.74. The Morgan fingerprint density at radius 3 is 2.24 bits per heavy atom. The van der Waals surface area contributed by atoms with E-state index in [4.69, 9.17) is 9.47 Å². The molecule has 2 N–H and O–H groups in total. The number of alkyl carbamates (subject to hydrolysis) is 1. The molecule has 0 fully saturated rings. The number of nitrogens with one attached hydrogen (secondary N) is 1. The van der Waals surface area contributed by atoms with E-state index >= 15 is 0 Å². The van der Waals surface area contributed by atoms with E-state index in [1.807, 2.05) is 48.5 Å². The number of ether oxygens (including phenoxy) is 2. The van der Waals surface area contributed by atoms with Crippen LogP contribution in [-0.2, 0) is 20.7 Å². The molecule has 1 heterocycles. The number of carboxylic acid groups (broad SMARTS) is 1. The van der Waals surface area contributed by atoms with E-state index in [0.29, 0.717) is 12.3 Å². The molecule has 1 aromatic heterocycles. The monoisotopic (exact) mass is 521 g/mol. The molecule has 0 radical (unpaired) electrons. The number of carbonyl (C=O) groups excluding carboxylic acids is 2. The lowest BCUT2D eigenvalue weighted by Gasteiger charge is -2.17. The number of carboxylic acids is 1. The molecule has 37 heavy (non-hydrogen) atoms. The van der Waals surface area contributed by atoms with Crippen molar-refractivity contribution in [3.8, 4) is 11.1 Å². The quantitative estimate of drug-likeness (QED) is 0.390. The lowest BCUT2D eigenvalue weighted by Crippen LogP contribution is -2.43. The molecule has 1 aliphatic rings. The Labute approximate surface area is 216 Å². The van der Waals surface area contributed by atoms with Crippen LogP contribution in [0.2, 0.25) is 25.7 Å². The summed E-state index contributed by atoms with van der Waals surface area (Å²) in [6.07, 6.45) is 1.16. The van der Waals surface area contributed by atoms with Crippen LogP contribution in [0.1, 0.15) is 22.7 Å². The van der Waals surface area contributed by atoms with Crippen molar-refractivity contribution in [1.29, 1.82) is 0 Å². The van der Waals surface area contributed by atoms with Gasteiger partial charge in [0.1, 0.15) is 19.0 Å². The zero-order valence-corrected chi connectivity index (χ0v) is 22.1. The van der Waals surface area contributed by atoms with Crippen molar-refractivity contribution < 1.29 is 29.0 Å². The smallest absolute Gasteiger partial charge is 0.419 e. The highest BCUT2D eigenvalue weighted by atomic mass is 28.3. The average molecular weight is 522 g/mol. The van der Waals surface area contributed by atoms with Crippen molar-refractivity contribution in [1.82, 2.24) is 14.9 Å². The van der Waals surface area contributed by atoms with Gasteiger partial charge >= 0.3 is 18.2 Å². The first-order chi connectivity index (χ1) is 17.6. The molecule has 1 amide bonds. The fourth-order valence-electron chi connectivity index (χ4n) is 4.28. The number of aromatic nitrogens is 2. The van der Waals surface area contributed by atoms with Crippen LogP contribution in [0.25, 0.3) is 11.1 Å². The maximum Gasteiger partial charge on any atom is 0.419 e. The third-order valence-corrected chi connectivity index (χ3v) is 7.98. The van der Waals surface area contributed by atoms with Crippen LogP contribution >= 0.6 is 0 Å². The van der Waals surface area contributed by atoms with Gasteiger partial charge in [0, 0.05) is 26.6 Å². The lowest BCUT2D eigenvalue weighted by atomic mass is 9.98. The van der Waals surface area contributed by atoms with Crippen molar-refractivity contribution in [2.45, 2.75) is 44.1 Å². The Morgan fingerprint density at radius 2 is 1.65 bits per heavy atom. The van der Waals surface area contributed by atoms with Crippen LogP contribution in [0.15, 0.2) is 61.1 Å². The van der Waals surface area contributed by atoms with E-state index in [-0.39, 0.29) is 18.9 Å². The molecule has 2 aromatic carbocycles. The van der Waals surface area contributed by atoms with Crippen molar-refractivity contribution in [2.75, 3.05) is 13.2 Å². The van der Waals surface area contributed by atoms with Gasteiger partial charge in [0.25, 0.3) is 0 Å². The lowest BCUT2D eigenvalue weighted by molar-refractivity contribution is -0.139. The summed E-state index contributed by atoms with van der Waals surface area (Å²) in [6, 6.07) is 15.5.